The molecule has 3 saturated heterocycles. The lowest BCUT2D eigenvalue weighted by Gasteiger charge is -2.39. The molecule has 3 aliphatic rings. The fourth-order valence-corrected chi connectivity index (χ4v) is 5.81. The summed E-state index contributed by atoms with van der Waals surface area (Å²) in [5, 5.41) is 32.4. The van der Waals surface area contributed by atoms with Gasteiger partial charge in [-0.25, -0.2) is 0 Å². The van der Waals surface area contributed by atoms with Crippen molar-refractivity contribution in [1.29, 1.82) is 5.26 Å². The van der Waals surface area contributed by atoms with E-state index < -0.39 is 5.97 Å². The Balaban J connectivity index is 1.33. The van der Waals surface area contributed by atoms with Gasteiger partial charge in [0.1, 0.15) is 11.6 Å². The number of aromatic nitrogens is 4. The van der Waals surface area contributed by atoms with E-state index in [-0.39, 0.29) is 12.0 Å². The maximum Gasteiger partial charge on any atom is 0.306 e. The van der Waals surface area contributed by atoms with Gasteiger partial charge in [-0.1, -0.05) is 0 Å². The van der Waals surface area contributed by atoms with Gasteiger partial charge in [0.25, 0.3) is 0 Å². The van der Waals surface area contributed by atoms with E-state index in [1.165, 1.54) is 12.8 Å². The Kier molecular flexibility index (Phi) is 6.72. The molecule has 3 fully saturated rings. The summed E-state index contributed by atoms with van der Waals surface area (Å²) in [4.78, 5) is 25.6. The first-order valence-electron chi connectivity index (χ1n) is 12.5. The number of fused-ring (bicyclic) bond motifs is 2. The van der Waals surface area contributed by atoms with Gasteiger partial charge in [-0.2, -0.15) is 20.3 Å². The molecule has 0 radical (unpaired) electrons. The predicted molar refractivity (Wildman–Crippen MR) is 132 cm³/mol. The largest absolute Gasteiger partial charge is 0.481 e. The van der Waals surface area contributed by atoms with E-state index in [2.05, 4.69) is 36.7 Å². The number of nitrogens with zero attached hydrogens (tertiary/aromatic N) is 6. The van der Waals surface area contributed by atoms with Crippen molar-refractivity contribution in [2.75, 3.05) is 35.2 Å². The molecule has 3 atom stereocenters. The normalized spacial score (nSPS) is 24.8. The minimum atomic E-state index is -0.721. The Morgan fingerprint density at radius 2 is 1.91 bits per heavy atom. The van der Waals surface area contributed by atoms with Crippen molar-refractivity contribution in [2.24, 2.45) is 5.92 Å². The van der Waals surface area contributed by atoms with Gasteiger partial charge < -0.3 is 20.6 Å². The standard InChI is InChI=1S/C24H33N9O2/c1-15-11-21(31-30-15)27-20-14-22(32-9-5-16(6-10-32)23(34)35)29-24(28-20)26-17-12-18-3-4-19(13-17)33(18)8-2-7-25/h11,14,16-19H,2-6,8-10,12-13H2,1H3,(H,34,35)(H3,26,27,28,29,30,31)/t17?,18-,19+. The van der Waals surface area contributed by atoms with Gasteiger partial charge in [0.05, 0.1) is 12.0 Å². The Morgan fingerprint density at radius 3 is 2.54 bits per heavy atom. The van der Waals surface area contributed by atoms with Crippen LogP contribution in [-0.4, -0.2) is 73.9 Å². The third kappa shape index (κ3) is 5.32. The molecule has 2 aromatic rings. The fraction of sp³-hybridized carbons (Fsp3) is 0.625. The molecule has 3 aliphatic heterocycles. The average molecular weight is 480 g/mol. The van der Waals surface area contributed by atoms with Crippen LogP contribution >= 0.6 is 0 Å². The van der Waals surface area contributed by atoms with Crippen LogP contribution in [0.1, 0.15) is 50.6 Å². The highest BCUT2D eigenvalue weighted by Crippen LogP contribution is 2.37. The minimum absolute atomic E-state index is 0.277. The van der Waals surface area contributed by atoms with Crippen LogP contribution in [0.2, 0.25) is 0 Å². The zero-order chi connectivity index (χ0) is 24.4. The van der Waals surface area contributed by atoms with Crippen LogP contribution in [0.5, 0.6) is 0 Å². The lowest BCUT2D eigenvalue weighted by molar-refractivity contribution is -0.142. The second-order valence-electron chi connectivity index (χ2n) is 9.94. The van der Waals surface area contributed by atoms with Crippen LogP contribution in [0.15, 0.2) is 12.1 Å². The van der Waals surface area contributed by atoms with E-state index in [0.29, 0.717) is 62.0 Å². The number of H-pyrrole nitrogens is 1. The number of carbonyl (C=O) groups is 1. The topological polar surface area (TPSA) is 146 Å². The first-order chi connectivity index (χ1) is 17.0. The van der Waals surface area contributed by atoms with E-state index in [9.17, 15) is 9.90 Å². The molecule has 0 aliphatic carbocycles. The van der Waals surface area contributed by atoms with Gasteiger partial charge in [0.15, 0.2) is 5.82 Å². The van der Waals surface area contributed by atoms with E-state index in [0.717, 1.165) is 30.9 Å². The molecule has 35 heavy (non-hydrogen) atoms. The molecule has 2 bridgehead atoms. The summed E-state index contributed by atoms with van der Waals surface area (Å²) in [6, 6.07) is 7.39. The number of carboxylic acid groups (broad SMARTS) is 1. The van der Waals surface area contributed by atoms with E-state index in [1.807, 2.05) is 19.1 Å². The molecule has 4 N–H and O–H groups in total. The number of piperidine rings is 2. The number of hydrogen-bond donors (Lipinski definition) is 4. The smallest absolute Gasteiger partial charge is 0.306 e. The van der Waals surface area contributed by atoms with Crippen molar-refractivity contribution >= 4 is 29.4 Å². The average Bonchev–Trinajstić information content (AvgIpc) is 3.35. The van der Waals surface area contributed by atoms with E-state index >= 15 is 0 Å². The Morgan fingerprint density at radius 1 is 1.17 bits per heavy atom. The van der Waals surface area contributed by atoms with Gasteiger partial charge in [-0.3, -0.25) is 14.8 Å². The molecule has 5 heterocycles. The van der Waals surface area contributed by atoms with Gasteiger partial charge in [-0.15, -0.1) is 0 Å². The number of aryl methyl sites for hydroxylation is 1. The van der Waals surface area contributed by atoms with Crippen molar-refractivity contribution in [1.82, 2.24) is 25.1 Å². The van der Waals surface area contributed by atoms with Crippen LogP contribution in [-0.2, 0) is 4.79 Å². The predicted octanol–water partition coefficient (Wildman–Crippen LogP) is 2.87. The van der Waals surface area contributed by atoms with Crippen molar-refractivity contribution < 1.29 is 9.90 Å². The monoisotopic (exact) mass is 479 g/mol. The second kappa shape index (κ2) is 10.1. The first kappa shape index (κ1) is 23.4. The maximum absolute atomic E-state index is 11.4. The Bertz CT molecular complexity index is 1070. The summed E-state index contributed by atoms with van der Waals surface area (Å²) in [6.07, 6.45) is 6.18. The highest BCUT2D eigenvalue weighted by atomic mass is 16.4. The minimum Gasteiger partial charge on any atom is -0.481 e. The SMILES string of the molecule is Cc1cc(Nc2cc(N3CCC(C(=O)O)CC3)nc(NC3C[C@H]4CC[C@@H](C3)N4CCC#N)n2)n[nH]1. The molecule has 11 nitrogen and oxygen atoms in total. The number of rotatable bonds is 8. The number of nitriles is 1. The number of carboxylic acids is 1. The third-order valence-corrected chi connectivity index (χ3v) is 7.54. The van der Waals surface area contributed by atoms with Gasteiger partial charge in [-0.05, 0) is 45.4 Å². The maximum atomic E-state index is 11.4. The van der Waals surface area contributed by atoms with Crippen molar-refractivity contribution in [2.45, 2.75) is 70.0 Å². The first-order valence-corrected chi connectivity index (χ1v) is 12.5. The molecule has 186 valence electrons. The third-order valence-electron chi connectivity index (χ3n) is 7.54. The Labute approximate surface area is 204 Å². The van der Waals surface area contributed by atoms with Crippen LogP contribution in [0.3, 0.4) is 0 Å². The molecule has 0 spiro atoms. The number of aliphatic carboxylic acids is 1. The van der Waals surface area contributed by atoms with Crippen LogP contribution in [0.4, 0.5) is 23.4 Å². The highest BCUT2D eigenvalue weighted by Gasteiger charge is 2.40. The fourth-order valence-electron chi connectivity index (χ4n) is 5.81. The molecular weight excluding hydrogens is 446 g/mol. The van der Waals surface area contributed by atoms with Crippen molar-refractivity contribution in [3.8, 4) is 6.07 Å². The summed E-state index contributed by atoms with van der Waals surface area (Å²) < 4.78 is 0. The lowest BCUT2D eigenvalue weighted by atomic mass is 9.97. The number of nitrogens with one attached hydrogen (secondary N) is 3. The quantitative estimate of drug-likeness (QED) is 0.446. The summed E-state index contributed by atoms with van der Waals surface area (Å²) in [5.74, 6) is 1.69. The summed E-state index contributed by atoms with van der Waals surface area (Å²) in [7, 11) is 0. The van der Waals surface area contributed by atoms with E-state index in [4.69, 9.17) is 15.2 Å². The van der Waals surface area contributed by atoms with E-state index in [1.54, 1.807) is 0 Å². The number of aromatic amines is 1. The zero-order valence-electron chi connectivity index (χ0n) is 20.1. The molecule has 0 saturated carbocycles. The summed E-state index contributed by atoms with van der Waals surface area (Å²) in [5.41, 5.74) is 0.953. The van der Waals surface area contributed by atoms with Crippen molar-refractivity contribution in [3.05, 3.63) is 17.8 Å². The summed E-state index contributed by atoms with van der Waals surface area (Å²) >= 11 is 0. The number of anilines is 4. The molecule has 2 aromatic heterocycles. The molecule has 5 rings (SSSR count). The molecule has 0 aromatic carbocycles. The zero-order valence-corrected chi connectivity index (χ0v) is 20.1. The van der Waals surface area contributed by atoms with Crippen LogP contribution < -0.4 is 15.5 Å². The van der Waals surface area contributed by atoms with Gasteiger partial charge in [0, 0.05) is 62.0 Å². The second-order valence-corrected chi connectivity index (χ2v) is 9.94. The van der Waals surface area contributed by atoms with Gasteiger partial charge >= 0.3 is 5.97 Å². The lowest BCUT2D eigenvalue weighted by Crippen LogP contribution is -2.47. The highest BCUT2D eigenvalue weighted by molar-refractivity contribution is 5.70. The van der Waals surface area contributed by atoms with Crippen molar-refractivity contribution in [3.63, 3.8) is 0 Å². The van der Waals surface area contributed by atoms with Gasteiger partial charge in [0.2, 0.25) is 5.95 Å². The number of hydrogen-bond acceptors (Lipinski definition) is 9. The van der Waals surface area contributed by atoms with Crippen LogP contribution in [0, 0.1) is 24.2 Å². The summed E-state index contributed by atoms with van der Waals surface area (Å²) in [6.45, 7) is 4.10. The van der Waals surface area contributed by atoms with Crippen LogP contribution in [0.25, 0.3) is 0 Å². The Hall–Kier alpha value is -3.39. The molecule has 11 heteroatoms. The molecular formula is C24H33N9O2. The molecule has 0 amide bonds. The molecule has 1 unspecified atom stereocenters.